The van der Waals surface area contributed by atoms with Crippen LogP contribution in [0.15, 0.2) is 17.4 Å². The van der Waals surface area contributed by atoms with Crippen LogP contribution in [0.5, 0.6) is 0 Å². The largest absolute Gasteiger partial charge is 0.317 e. The zero-order chi connectivity index (χ0) is 10.7. The molecule has 2 rings (SSSR count). The topological polar surface area (TPSA) is 37.8 Å². The number of hydrogen-bond donors (Lipinski definition) is 1. The molecule has 4 heteroatoms. The lowest BCUT2D eigenvalue weighted by Crippen LogP contribution is -2.21. The minimum Gasteiger partial charge on any atom is -0.317 e. The van der Waals surface area contributed by atoms with Gasteiger partial charge in [0.25, 0.3) is 0 Å². The minimum atomic E-state index is 0.684. The minimum absolute atomic E-state index is 0.684. The maximum atomic E-state index is 4.42. The number of nitrogens with zero attached hydrogens (tertiary/aromatic N) is 2. The van der Waals surface area contributed by atoms with E-state index in [1.807, 2.05) is 38.0 Å². The Morgan fingerprint density at radius 1 is 1.47 bits per heavy atom. The Balaban J connectivity index is 1.92. The molecule has 1 aliphatic carbocycles. The molecule has 1 heterocycles. The highest BCUT2D eigenvalue weighted by Crippen LogP contribution is 2.32. The van der Waals surface area contributed by atoms with Gasteiger partial charge in [0.2, 0.25) is 0 Å². The summed E-state index contributed by atoms with van der Waals surface area (Å²) < 4.78 is 0. The quantitative estimate of drug-likeness (QED) is 0.796. The van der Waals surface area contributed by atoms with Crippen LogP contribution in [-0.4, -0.2) is 28.3 Å². The Morgan fingerprint density at radius 2 is 2.33 bits per heavy atom. The van der Waals surface area contributed by atoms with Crippen LogP contribution in [0.4, 0.5) is 0 Å². The first kappa shape index (κ1) is 10.9. The summed E-state index contributed by atoms with van der Waals surface area (Å²) in [5.41, 5.74) is 1.05. The first-order valence-corrected chi connectivity index (χ1v) is 6.29. The fraction of sp³-hybridized carbons (Fsp3) is 0.636. The van der Waals surface area contributed by atoms with E-state index in [0.717, 1.165) is 10.9 Å². The van der Waals surface area contributed by atoms with Crippen molar-refractivity contribution < 1.29 is 0 Å². The van der Waals surface area contributed by atoms with E-state index in [-0.39, 0.29) is 0 Å². The van der Waals surface area contributed by atoms with Crippen molar-refractivity contribution in [3.05, 3.63) is 18.0 Å². The zero-order valence-electron chi connectivity index (χ0n) is 9.23. The number of aromatic nitrogens is 2. The van der Waals surface area contributed by atoms with Crippen molar-refractivity contribution in [3.8, 4) is 0 Å². The molecule has 0 aromatic carbocycles. The van der Waals surface area contributed by atoms with Crippen molar-refractivity contribution in [2.24, 2.45) is 0 Å². The molecule has 1 aromatic rings. The normalized spacial score (nSPS) is 25.7. The molecule has 1 aliphatic rings. The number of hydrogen-bond acceptors (Lipinski definition) is 4. The average molecular weight is 223 g/mol. The van der Waals surface area contributed by atoms with Gasteiger partial charge in [-0.15, -0.1) is 0 Å². The van der Waals surface area contributed by atoms with Gasteiger partial charge in [0, 0.05) is 23.2 Å². The van der Waals surface area contributed by atoms with Crippen molar-refractivity contribution in [1.29, 1.82) is 0 Å². The Morgan fingerprint density at radius 3 is 3.00 bits per heavy atom. The number of nitrogens with one attached hydrogen (secondary N) is 1. The molecule has 1 fully saturated rings. The van der Waals surface area contributed by atoms with E-state index in [9.17, 15) is 0 Å². The summed E-state index contributed by atoms with van der Waals surface area (Å²) in [6.07, 6.45) is 5.63. The first-order valence-electron chi connectivity index (χ1n) is 5.41. The first-order chi connectivity index (χ1) is 7.28. The molecule has 1 aromatic heterocycles. The van der Waals surface area contributed by atoms with Crippen LogP contribution in [0.2, 0.25) is 0 Å². The predicted molar refractivity (Wildman–Crippen MR) is 63.1 cm³/mol. The summed E-state index contributed by atoms with van der Waals surface area (Å²) in [7, 11) is 2.04. The highest BCUT2D eigenvalue weighted by molar-refractivity contribution is 7.99. The van der Waals surface area contributed by atoms with Crippen LogP contribution in [0.3, 0.4) is 0 Å². The molecule has 0 bridgehead atoms. The lowest BCUT2D eigenvalue weighted by atomic mass is 10.3. The van der Waals surface area contributed by atoms with Gasteiger partial charge in [0.05, 0.1) is 0 Å². The molecular weight excluding hydrogens is 206 g/mol. The molecule has 1 saturated carbocycles. The second-order valence-electron chi connectivity index (χ2n) is 4.02. The van der Waals surface area contributed by atoms with Gasteiger partial charge in [-0.25, -0.2) is 9.97 Å². The van der Waals surface area contributed by atoms with Crippen molar-refractivity contribution in [2.45, 2.75) is 42.6 Å². The SMILES string of the molecule is CNC1CCC(Sc2nccc(C)n2)C1. The van der Waals surface area contributed by atoms with E-state index in [2.05, 4.69) is 15.3 Å². The van der Waals surface area contributed by atoms with Gasteiger partial charge in [0.1, 0.15) is 0 Å². The van der Waals surface area contributed by atoms with Crippen LogP contribution < -0.4 is 5.32 Å². The molecule has 0 aliphatic heterocycles. The van der Waals surface area contributed by atoms with Gasteiger partial charge in [-0.2, -0.15) is 0 Å². The van der Waals surface area contributed by atoms with Crippen molar-refractivity contribution in [1.82, 2.24) is 15.3 Å². The summed E-state index contributed by atoms with van der Waals surface area (Å²) in [5.74, 6) is 0. The standard InChI is InChI=1S/C11H17N3S/c1-8-5-6-13-11(14-8)15-10-4-3-9(7-10)12-2/h5-6,9-10,12H,3-4,7H2,1-2H3. The van der Waals surface area contributed by atoms with Crippen LogP contribution >= 0.6 is 11.8 Å². The number of aryl methyl sites for hydroxylation is 1. The lowest BCUT2D eigenvalue weighted by Gasteiger charge is -2.09. The summed E-state index contributed by atoms with van der Waals surface area (Å²) in [5, 5.41) is 4.95. The van der Waals surface area contributed by atoms with Gasteiger partial charge < -0.3 is 5.32 Å². The summed E-state index contributed by atoms with van der Waals surface area (Å²) in [6.45, 7) is 2.01. The fourth-order valence-corrected chi connectivity index (χ4v) is 3.14. The Hall–Kier alpha value is -0.610. The van der Waals surface area contributed by atoms with Crippen LogP contribution in [0.25, 0.3) is 0 Å². The van der Waals surface area contributed by atoms with E-state index >= 15 is 0 Å². The predicted octanol–water partition coefficient (Wildman–Crippen LogP) is 2.02. The van der Waals surface area contributed by atoms with E-state index < -0.39 is 0 Å². The molecule has 15 heavy (non-hydrogen) atoms. The summed E-state index contributed by atoms with van der Waals surface area (Å²) in [6, 6.07) is 2.63. The molecule has 82 valence electrons. The summed E-state index contributed by atoms with van der Waals surface area (Å²) in [4.78, 5) is 8.70. The molecule has 0 spiro atoms. The summed E-state index contributed by atoms with van der Waals surface area (Å²) >= 11 is 1.82. The molecular formula is C11H17N3S. The van der Waals surface area contributed by atoms with E-state index in [0.29, 0.717) is 11.3 Å². The fourth-order valence-electron chi connectivity index (χ4n) is 1.94. The maximum Gasteiger partial charge on any atom is 0.187 e. The maximum absolute atomic E-state index is 4.42. The second kappa shape index (κ2) is 4.94. The Bertz CT molecular complexity index is 329. The van der Waals surface area contributed by atoms with Gasteiger partial charge >= 0.3 is 0 Å². The van der Waals surface area contributed by atoms with Crippen LogP contribution in [-0.2, 0) is 0 Å². The molecule has 2 atom stereocenters. The average Bonchev–Trinajstić information content (AvgIpc) is 2.65. The van der Waals surface area contributed by atoms with Gasteiger partial charge in [0.15, 0.2) is 5.16 Å². The van der Waals surface area contributed by atoms with Crippen molar-refractivity contribution in [3.63, 3.8) is 0 Å². The van der Waals surface area contributed by atoms with E-state index in [1.54, 1.807) is 0 Å². The third kappa shape index (κ3) is 2.92. The highest BCUT2D eigenvalue weighted by atomic mass is 32.2. The zero-order valence-corrected chi connectivity index (χ0v) is 10.0. The van der Waals surface area contributed by atoms with Crippen molar-refractivity contribution >= 4 is 11.8 Å². The van der Waals surface area contributed by atoms with Gasteiger partial charge in [-0.3, -0.25) is 0 Å². The molecule has 3 nitrogen and oxygen atoms in total. The van der Waals surface area contributed by atoms with Gasteiger partial charge in [-0.1, -0.05) is 11.8 Å². The van der Waals surface area contributed by atoms with Gasteiger partial charge in [-0.05, 0) is 39.3 Å². The third-order valence-corrected chi connectivity index (χ3v) is 4.01. The molecule has 1 N–H and O–H groups in total. The van der Waals surface area contributed by atoms with E-state index in [4.69, 9.17) is 0 Å². The lowest BCUT2D eigenvalue weighted by molar-refractivity contribution is 0.583. The van der Waals surface area contributed by atoms with E-state index in [1.165, 1.54) is 19.3 Å². The Labute approximate surface area is 95.1 Å². The molecule has 0 amide bonds. The third-order valence-electron chi connectivity index (χ3n) is 2.84. The molecule has 2 unspecified atom stereocenters. The van der Waals surface area contributed by atoms with Crippen molar-refractivity contribution in [2.75, 3.05) is 7.05 Å². The molecule has 0 radical (unpaired) electrons. The monoisotopic (exact) mass is 223 g/mol. The second-order valence-corrected chi connectivity index (χ2v) is 5.29. The number of thioether (sulfide) groups is 1. The molecule has 0 saturated heterocycles. The van der Waals surface area contributed by atoms with Crippen LogP contribution in [0.1, 0.15) is 25.0 Å². The smallest absolute Gasteiger partial charge is 0.187 e. The van der Waals surface area contributed by atoms with Crippen LogP contribution in [0, 0.1) is 6.92 Å². The Kier molecular flexibility index (Phi) is 3.59. The number of rotatable bonds is 3. The highest BCUT2D eigenvalue weighted by Gasteiger charge is 2.24.